The van der Waals surface area contributed by atoms with Crippen molar-refractivity contribution >= 4 is 11.4 Å². The molecule has 0 radical (unpaired) electrons. The molecule has 5 nitrogen and oxygen atoms in total. The molecular formula is C15H16N2O3. The number of hydrogen-bond donors (Lipinski definition) is 1. The van der Waals surface area contributed by atoms with Gasteiger partial charge in [0, 0.05) is 18.1 Å². The van der Waals surface area contributed by atoms with E-state index in [1.165, 1.54) is 0 Å². The van der Waals surface area contributed by atoms with E-state index < -0.39 is 0 Å². The highest BCUT2D eigenvalue weighted by atomic mass is 16.6. The van der Waals surface area contributed by atoms with Gasteiger partial charge in [0.05, 0.1) is 17.2 Å². The standard InChI is InChI=1S/C15H16N2O3/c1-10-5-6-13(14(9-10)17(18)19)16-12-3-2-4-15-11(12)7-8-20-15/h5-9,12,16H,2-4H2,1H3. The summed E-state index contributed by atoms with van der Waals surface area (Å²) in [6.45, 7) is 1.85. The van der Waals surface area contributed by atoms with E-state index in [0.717, 1.165) is 36.1 Å². The summed E-state index contributed by atoms with van der Waals surface area (Å²) in [5.41, 5.74) is 2.70. The zero-order valence-electron chi connectivity index (χ0n) is 11.3. The van der Waals surface area contributed by atoms with Gasteiger partial charge in [-0.25, -0.2) is 0 Å². The lowest BCUT2D eigenvalue weighted by Crippen LogP contribution is -2.16. The number of rotatable bonds is 3. The third kappa shape index (κ3) is 2.27. The topological polar surface area (TPSA) is 68.3 Å². The second-order valence-corrected chi connectivity index (χ2v) is 5.17. The number of nitro benzene ring substituents is 1. The van der Waals surface area contributed by atoms with Crippen LogP contribution in [0.25, 0.3) is 0 Å². The monoisotopic (exact) mass is 272 g/mol. The summed E-state index contributed by atoms with van der Waals surface area (Å²) in [6.07, 6.45) is 4.61. The molecule has 2 aromatic rings. The minimum Gasteiger partial charge on any atom is -0.469 e. The van der Waals surface area contributed by atoms with Crippen LogP contribution in [-0.2, 0) is 6.42 Å². The van der Waals surface area contributed by atoms with Crippen molar-refractivity contribution in [3.8, 4) is 0 Å². The van der Waals surface area contributed by atoms with E-state index >= 15 is 0 Å². The Kier molecular flexibility index (Phi) is 3.18. The normalized spacial score (nSPS) is 17.6. The third-order valence-electron chi connectivity index (χ3n) is 3.73. The summed E-state index contributed by atoms with van der Waals surface area (Å²) in [5.74, 6) is 0.989. The maximum atomic E-state index is 11.2. The highest BCUT2D eigenvalue weighted by molar-refractivity contribution is 5.63. The first kappa shape index (κ1) is 12.7. The third-order valence-corrected chi connectivity index (χ3v) is 3.73. The van der Waals surface area contributed by atoms with E-state index in [-0.39, 0.29) is 16.7 Å². The zero-order chi connectivity index (χ0) is 14.1. The Balaban J connectivity index is 1.92. The van der Waals surface area contributed by atoms with Crippen LogP contribution in [0.2, 0.25) is 0 Å². The van der Waals surface area contributed by atoms with Crippen LogP contribution in [0, 0.1) is 17.0 Å². The largest absolute Gasteiger partial charge is 0.469 e. The van der Waals surface area contributed by atoms with Crippen LogP contribution in [0.4, 0.5) is 11.4 Å². The molecule has 20 heavy (non-hydrogen) atoms. The molecule has 0 spiro atoms. The molecule has 1 aliphatic rings. The second-order valence-electron chi connectivity index (χ2n) is 5.17. The Morgan fingerprint density at radius 2 is 2.25 bits per heavy atom. The minimum atomic E-state index is -0.339. The average Bonchev–Trinajstić information content (AvgIpc) is 2.90. The Morgan fingerprint density at radius 1 is 1.40 bits per heavy atom. The molecule has 1 atom stereocenters. The van der Waals surface area contributed by atoms with Gasteiger partial charge in [-0.1, -0.05) is 6.07 Å². The molecule has 0 aliphatic heterocycles. The van der Waals surface area contributed by atoms with E-state index in [4.69, 9.17) is 4.42 Å². The molecule has 0 fully saturated rings. The van der Waals surface area contributed by atoms with Crippen molar-refractivity contribution < 1.29 is 9.34 Å². The Bertz CT molecular complexity index is 648. The number of fused-ring (bicyclic) bond motifs is 1. The summed E-state index contributed by atoms with van der Waals surface area (Å²) in [4.78, 5) is 10.8. The van der Waals surface area contributed by atoms with Crippen LogP contribution in [0.5, 0.6) is 0 Å². The lowest BCUT2D eigenvalue weighted by molar-refractivity contribution is -0.384. The number of benzene rings is 1. The van der Waals surface area contributed by atoms with Crippen molar-refractivity contribution in [1.82, 2.24) is 0 Å². The molecule has 1 aliphatic carbocycles. The molecule has 1 N–H and O–H groups in total. The smallest absolute Gasteiger partial charge is 0.292 e. The van der Waals surface area contributed by atoms with E-state index in [1.807, 2.05) is 19.1 Å². The van der Waals surface area contributed by atoms with Crippen LogP contribution in [0.3, 0.4) is 0 Å². The van der Waals surface area contributed by atoms with Gasteiger partial charge in [0.25, 0.3) is 5.69 Å². The number of aryl methyl sites for hydroxylation is 2. The van der Waals surface area contributed by atoms with Crippen molar-refractivity contribution in [2.45, 2.75) is 32.2 Å². The first-order valence-electron chi connectivity index (χ1n) is 6.73. The fourth-order valence-corrected chi connectivity index (χ4v) is 2.74. The van der Waals surface area contributed by atoms with Gasteiger partial charge in [-0.05, 0) is 37.5 Å². The van der Waals surface area contributed by atoms with Gasteiger partial charge in [-0.3, -0.25) is 10.1 Å². The second kappa shape index (κ2) is 5.00. The van der Waals surface area contributed by atoms with Crippen molar-refractivity contribution in [1.29, 1.82) is 0 Å². The van der Waals surface area contributed by atoms with Gasteiger partial charge in [0.15, 0.2) is 0 Å². The zero-order valence-corrected chi connectivity index (χ0v) is 11.3. The predicted octanol–water partition coefficient (Wildman–Crippen LogP) is 3.99. The molecule has 104 valence electrons. The van der Waals surface area contributed by atoms with Gasteiger partial charge in [-0.2, -0.15) is 0 Å². The quantitative estimate of drug-likeness (QED) is 0.677. The van der Waals surface area contributed by atoms with E-state index in [2.05, 4.69) is 5.32 Å². The molecule has 5 heteroatoms. The lowest BCUT2D eigenvalue weighted by Gasteiger charge is -2.23. The van der Waals surface area contributed by atoms with Crippen LogP contribution < -0.4 is 5.32 Å². The number of furan rings is 1. The number of anilines is 1. The molecule has 1 heterocycles. The van der Waals surface area contributed by atoms with Crippen molar-refractivity contribution in [2.75, 3.05) is 5.32 Å². The maximum absolute atomic E-state index is 11.2. The molecule has 1 aromatic carbocycles. The number of nitrogens with one attached hydrogen (secondary N) is 1. The van der Waals surface area contributed by atoms with Gasteiger partial charge >= 0.3 is 0 Å². The van der Waals surface area contributed by atoms with Crippen molar-refractivity contribution in [3.63, 3.8) is 0 Å². The van der Waals surface area contributed by atoms with E-state index in [0.29, 0.717) is 5.69 Å². The van der Waals surface area contributed by atoms with Gasteiger partial charge < -0.3 is 9.73 Å². The minimum absolute atomic E-state index is 0.0823. The maximum Gasteiger partial charge on any atom is 0.292 e. The SMILES string of the molecule is Cc1ccc(NC2CCCc3occc32)c([N+](=O)[O-])c1. The van der Waals surface area contributed by atoms with Crippen molar-refractivity contribution in [2.24, 2.45) is 0 Å². The summed E-state index contributed by atoms with van der Waals surface area (Å²) in [6, 6.07) is 7.29. The van der Waals surface area contributed by atoms with Gasteiger partial charge in [0.2, 0.25) is 0 Å². The molecule has 0 saturated heterocycles. The fourth-order valence-electron chi connectivity index (χ4n) is 2.74. The van der Waals surface area contributed by atoms with Crippen molar-refractivity contribution in [3.05, 3.63) is 57.5 Å². The first-order chi connectivity index (χ1) is 9.65. The summed E-state index contributed by atoms with van der Waals surface area (Å²) in [5, 5.41) is 14.5. The number of nitro groups is 1. The van der Waals surface area contributed by atoms with Gasteiger partial charge in [-0.15, -0.1) is 0 Å². The van der Waals surface area contributed by atoms with E-state index in [1.54, 1.807) is 18.4 Å². The Hall–Kier alpha value is -2.30. The van der Waals surface area contributed by atoms with Crippen LogP contribution in [-0.4, -0.2) is 4.92 Å². The molecule has 1 unspecified atom stereocenters. The lowest BCUT2D eigenvalue weighted by atomic mass is 9.93. The highest BCUT2D eigenvalue weighted by Crippen LogP contribution is 2.35. The summed E-state index contributed by atoms with van der Waals surface area (Å²) in [7, 11) is 0. The highest BCUT2D eigenvalue weighted by Gasteiger charge is 2.24. The van der Waals surface area contributed by atoms with Crippen LogP contribution in [0.15, 0.2) is 34.9 Å². The van der Waals surface area contributed by atoms with Gasteiger partial charge in [0.1, 0.15) is 11.4 Å². The van der Waals surface area contributed by atoms with Crippen LogP contribution in [0.1, 0.15) is 35.8 Å². The van der Waals surface area contributed by atoms with E-state index in [9.17, 15) is 10.1 Å². The number of hydrogen-bond acceptors (Lipinski definition) is 4. The average molecular weight is 272 g/mol. The first-order valence-corrected chi connectivity index (χ1v) is 6.73. The molecule has 3 rings (SSSR count). The fraction of sp³-hybridized carbons (Fsp3) is 0.333. The molecule has 1 aromatic heterocycles. The molecule has 0 amide bonds. The number of nitrogens with zero attached hydrogens (tertiary/aromatic N) is 1. The van der Waals surface area contributed by atoms with Crippen LogP contribution >= 0.6 is 0 Å². The predicted molar refractivity (Wildman–Crippen MR) is 75.8 cm³/mol. The Morgan fingerprint density at radius 3 is 3.05 bits per heavy atom. The molecule has 0 bridgehead atoms. The molecule has 0 saturated carbocycles. The molecular weight excluding hydrogens is 256 g/mol. The summed E-state index contributed by atoms with van der Waals surface area (Å²) < 4.78 is 5.45. The Labute approximate surface area is 116 Å². The summed E-state index contributed by atoms with van der Waals surface area (Å²) >= 11 is 0.